The molecule has 7 heteroatoms. The summed E-state index contributed by atoms with van der Waals surface area (Å²) in [5.74, 6) is 0.887. The molecule has 0 radical (unpaired) electrons. The first-order valence-electron chi connectivity index (χ1n) is 8.37. The maximum absolute atomic E-state index is 8.78. The first-order chi connectivity index (χ1) is 12.5. The van der Waals surface area contributed by atoms with E-state index >= 15 is 0 Å². The summed E-state index contributed by atoms with van der Waals surface area (Å²) in [5, 5.41) is 10.3. The van der Waals surface area contributed by atoms with Crippen LogP contribution in [0.5, 0.6) is 0 Å². The highest BCUT2D eigenvalue weighted by molar-refractivity contribution is 6.33. The molecule has 1 saturated heterocycles. The number of anilines is 2. The molecule has 0 bridgehead atoms. The fraction of sp³-hybridized carbons (Fsp3) is 0.263. The number of para-hydroxylation sites is 1. The second-order valence-electron chi connectivity index (χ2n) is 6.07. The minimum Gasteiger partial charge on any atom is -0.391 e. The van der Waals surface area contributed by atoms with Gasteiger partial charge in [-0.1, -0.05) is 29.8 Å². The summed E-state index contributed by atoms with van der Waals surface area (Å²) in [6, 6.07) is 11.3. The molecule has 1 fully saturated rings. The van der Waals surface area contributed by atoms with Crippen LogP contribution in [0.15, 0.2) is 42.6 Å². The average Bonchev–Trinajstić information content (AvgIpc) is 2.64. The van der Waals surface area contributed by atoms with Crippen LogP contribution in [0.1, 0.15) is 12.8 Å². The van der Waals surface area contributed by atoms with E-state index in [1.165, 1.54) is 6.20 Å². The minimum absolute atomic E-state index is 0.186. The number of aliphatic hydroxyl groups is 1. The van der Waals surface area contributed by atoms with Gasteiger partial charge in [0.15, 0.2) is 0 Å². The fourth-order valence-corrected chi connectivity index (χ4v) is 2.97. The van der Waals surface area contributed by atoms with Gasteiger partial charge in [0, 0.05) is 29.3 Å². The van der Waals surface area contributed by atoms with Crippen LogP contribution in [-0.2, 0) is 4.74 Å². The molecule has 0 amide bonds. The lowest BCUT2D eigenvalue weighted by atomic mass is 10.0. The van der Waals surface area contributed by atoms with Crippen molar-refractivity contribution in [3.05, 3.63) is 47.6 Å². The molecule has 26 heavy (non-hydrogen) atoms. The van der Waals surface area contributed by atoms with Crippen LogP contribution in [0.4, 0.5) is 11.6 Å². The first-order valence-corrected chi connectivity index (χ1v) is 8.75. The summed E-state index contributed by atoms with van der Waals surface area (Å²) in [4.78, 5) is 8.34. The molecule has 136 valence electrons. The number of hydrogen-bond acceptors (Lipinski definition) is 6. The number of ether oxygens (including phenoxy) is 1. The Bertz CT molecular complexity index is 898. The molecule has 6 nitrogen and oxygen atoms in total. The second kappa shape index (κ2) is 8.31. The number of aliphatic hydroxyl groups excluding tert-OH is 1. The van der Waals surface area contributed by atoms with E-state index < -0.39 is 0 Å². The first kappa shape index (κ1) is 18.4. The van der Waals surface area contributed by atoms with Crippen molar-refractivity contribution in [3.63, 3.8) is 0 Å². The largest absolute Gasteiger partial charge is 0.391 e. The van der Waals surface area contributed by atoms with E-state index in [0.29, 0.717) is 23.3 Å². The van der Waals surface area contributed by atoms with Crippen molar-refractivity contribution in [1.29, 1.82) is 0 Å². The predicted octanol–water partition coefficient (Wildman–Crippen LogP) is 3.27. The van der Waals surface area contributed by atoms with Crippen LogP contribution >= 0.6 is 11.6 Å². The third-order valence-electron chi connectivity index (χ3n) is 4.04. The van der Waals surface area contributed by atoms with Crippen LogP contribution in [-0.4, -0.2) is 34.4 Å². The lowest BCUT2D eigenvalue weighted by Crippen LogP contribution is -2.21. The van der Waals surface area contributed by atoms with Gasteiger partial charge in [0.25, 0.3) is 0 Å². The Morgan fingerprint density at radius 3 is 2.65 bits per heavy atom. The van der Waals surface area contributed by atoms with Gasteiger partial charge >= 0.3 is 0 Å². The molecule has 3 aromatic rings. The summed E-state index contributed by atoms with van der Waals surface area (Å²) in [6.45, 7) is 1.37. The minimum atomic E-state index is -0.186. The quantitative estimate of drug-likeness (QED) is 0.605. The smallest absolute Gasteiger partial charge is 0.124 e. The Labute approximate surface area is 156 Å². The molecule has 1 atom stereocenters. The lowest BCUT2D eigenvalue weighted by Gasteiger charge is -2.15. The molecular formula is C19H21ClN4O2. The molecule has 1 unspecified atom stereocenters. The van der Waals surface area contributed by atoms with Gasteiger partial charge in [0.1, 0.15) is 11.6 Å². The monoisotopic (exact) mass is 372 g/mol. The Hall–Kier alpha value is -2.41. The van der Waals surface area contributed by atoms with E-state index in [1.54, 1.807) is 12.1 Å². The molecule has 0 spiro atoms. The standard InChI is InChI=1S/C14H11ClN4.C5H10O2/c15-11-7-18-13(17)6-10(11)9-3-1-2-8-4-5-12(16)19-14(8)9;6-5-2-1-3-7-4-5/h1-7H,(H2,16,19)(H2,17,18);5-6H,1-4H2. The Balaban J connectivity index is 0.000000236. The van der Waals surface area contributed by atoms with Gasteiger partial charge in [-0.05, 0) is 31.0 Å². The number of aromatic nitrogens is 2. The summed E-state index contributed by atoms with van der Waals surface area (Å²) in [7, 11) is 0. The normalized spacial score (nSPS) is 16.8. The summed E-state index contributed by atoms with van der Waals surface area (Å²) in [6.07, 6.45) is 3.28. The van der Waals surface area contributed by atoms with Crippen molar-refractivity contribution < 1.29 is 9.84 Å². The van der Waals surface area contributed by atoms with Gasteiger partial charge < -0.3 is 21.3 Å². The number of nitrogen functional groups attached to an aromatic ring is 2. The van der Waals surface area contributed by atoms with E-state index in [2.05, 4.69) is 9.97 Å². The molecule has 1 aliphatic heterocycles. The SMILES string of the molecule is Nc1cc(-c2cccc3ccc(N)nc23)c(Cl)cn1.OC1CCCOC1. The molecule has 5 N–H and O–H groups in total. The van der Waals surface area contributed by atoms with Crippen LogP contribution in [0.3, 0.4) is 0 Å². The van der Waals surface area contributed by atoms with E-state index in [4.69, 9.17) is 32.9 Å². The summed E-state index contributed by atoms with van der Waals surface area (Å²) >= 11 is 6.19. The van der Waals surface area contributed by atoms with E-state index in [-0.39, 0.29) is 6.10 Å². The van der Waals surface area contributed by atoms with Crippen LogP contribution in [0.2, 0.25) is 5.02 Å². The number of benzene rings is 1. The maximum atomic E-state index is 8.78. The zero-order chi connectivity index (χ0) is 18.5. The Morgan fingerprint density at radius 1 is 1.12 bits per heavy atom. The zero-order valence-corrected chi connectivity index (χ0v) is 15.0. The third-order valence-corrected chi connectivity index (χ3v) is 4.35. The van der Waals surface area contributed by atoms with E-state index in [0.717, 1.165) is 41.5 Å². The fourth-order valence-electron chi connectivity index (χ4n) is 2.76. The van der Waals surface area contributed by atoms with Gasteiger partial charge in [-0.25, -0.2) is 9.97 Å². The number of fused-ring (bicyclic) bond motifs is 1. The molecule has 1 aromatic carbocycles. The molecule has 0 saturated carbocycles. The maximum Gasteiger partial charge on any atom is 0.124 e. The number of halogens is 1. The third kappa shape index (κ3) is 4.40. The van der Waals surface area contributed by atoms with Crippen molar-refractivity contribution in [2.75, 3.05) is 24.7 Å². The van der Waals surface area contributed by atoms with Gasteiger partial charge in [-0.2, -0.15) is 0 Å². The number of nitrogens with zero attached hydrogens (tertiary/aromatic N) is 2. The average molecular weight is 373 g/mol. The summed E-state index contributed by atoms with van der Waals surface area (Å²) in [5.41, 5.74) is 14.0. The van der Waals surface area contributed by atoms with Gasteiger partial charge in [-0.15, -0.1) is 0 Å². The highest BCUT2D eigenvalue weighted by Gasteiger charge is 2.10. The van der Waals surface area contributed by atoms with Gasteiger partial charge in [0.05, 0.1) is 23.3 Å². The molecule has 1 aliphatic rings. The molecule has 4 rings (SSSR count). The zero-order valence-electron chi connectivity index (χ0n) is 14.2. The van der Waals surface area contributed by atoms with Crippen molar-refractivity contribution in [2.45, 2.75) is 18.9 Å². The Kier molecular flexibility index (Phi) is 5.88. The Morgan fingerprint density at radius 2 is 1.96 bits per heavy atom. The second-order valence-corrected chi connectivity index (χ2v) is 6.48. The number of hydrogen-bond donors (Lipinski definition) is 3. The van der Waals surface area contributed by atoms with Crippen LogP contribution < -0.4 is 11.5 Å². The highest BCUT2D eigenvalue weighted by Crippen LogP contribution is 2.33. The number of pyridine rings is 2. The highest BCUT2D eigenvalue weighted by atomic mass is 35.5. The van der Waals surface area contributed by atoms with Gasteiger partial charge in [0.2, 0.25) is 0 Å². The van der Waals surface area contributed by atoms with Crippen LogP contribution in [0.25, 0.3) is 22.0 Å². The van der Waals surface area contributed by atoms with Crippen molar-refractivity contribution >= 4 is 34.1 Å². The number of nitrogens with two attached hydrogens (primary N) is 2. The van der Waals surface area contributed by atoms with Crippen molar-refractivity contribution in [2.24, 2.45) is 0 Å². The molecule has 3 heterocycles. The predicted molar refractivity (Wildman–Crippen MR) is 105 cm³/mol. The molecular weight excluding hydrogens is 352 g/mol. The van der Waals surface area contributed by atoms with Crippen LogP contribution in [0, 0.1) is 0 Å². The molecule has 2 aromatic heterocycles. The van der Waals surface area contributed by atoms with Crippen molar-refractivity contribution in [3.8, 4) is 11.1 Å². The van der Waals surface area contributed by atoms with E-state index in [1.807, 2.05) is 24.3 Å². The number of rotatable bonds is 1. The lowest BCUT2D eigenvalue weighted by molar-refractivity contribution is -0.00535. The summed E-state index contributed by atoms with van der Waals surface area (Å²) < 4.78 is 4.93. The van der Waals surface area contributed by atoms with E-state index in [9.17, 15) is 0 Å². The topological polar surface area (TPSA) is 107 Å². The molecule has 0 aliphatic carbocycles. The van der Waals surface area contributed by atoms with Gasteiger partial charge in [-0.3, -0.25) is 0 Å². The van der Waals surface area contributed by atoms with Crippen molar-refractivity contribution in [1.82, 2.24) is 9.97 Å².